The fourth-order valence-electron chi connectivity index (χ4n) is 3.92. The molecule has 3 aromatic heterocycles. The highest BCUT2D eigenvalue weighted by Gasteiger charge is 2.47. The van der Waals surface area contributed by atoms with Gasteiger partial charge < -0.3 is 4.74 Å². The number of fused-ring (bicyclic) bond motifs is 2. The Balaban J connectivity index is 1.70. The second-order valence-electron chi connectivity index (χ2n) is 10.9. The van der Waals surface area contributed by atoms with Crippen LogP contribution in [0.1, 0.15) is 26.0 Å². The molecule has 4 rings (SSSR count). The Kier molecular flexibility index (Phi) is 7.29. The van der Waals surface area contributed by atoms with E-state index in [0.717, 1.165) is 23.0 Å². The monoisotopic (exact) mass is 557 g/mol. The lowest BCUT2D eigenvalue weighted by atomic mass is 9.91. The number of halogens is 5. The molecule has 1 amide bonds. The first-order valence-electron chi connectivity index (χ1n) is 11.9. The van der Waals surface area contributed by atoms with Crippen molar-refractivity contribution in [3.63, 3.8) is 0 Å². The van der Waals surface area contributed by atoms with Gasteiger partial charge >= 0.3 is 12.3 Å². The minimum atomic E-state index is -4.24. The highest BCUT2D eigenvalue weighted by atomic mass is 28.3. The van der Waals surface area contributed by atoms with Crippen molar-refractivity contribution < 1.29 is 31.5 Å². The molecule has 207 valence electrons. The number of carbonyl (C=O) groups is 1. The number of carbonyl (C=O) groups excluding carboxylic acids is 1. The Hall–Kier alpha value is -3.07. The van der Waals surface area contributed by atoms with Crippen molar-refractivity contribution in [2.45, 2.75) is 70.3 Å². The van der Waals surface area contributed by atoms with Crippen LogP contribution >= 0.6 is 0 Å². The van der Waals surface area contributed by atoms with Crippen LogP contribution < -0.4 is 4.90 Å². The van der Waals surface area contributed by atoms with Gasteiger partial charge in [-0.25, -0.2) is 36.6 Å². The number of ether oxygens (including phenoxy) is 1. The van der Waals surface area contributed by atoms with Crippen LogP contribution in [0.15, 0.2) is 12.3 Å². The highest BCUT2D eigenvalue weighted by molar-refractivity contribution is 6.76. The number of aryl methyl sites for hydroxylation is 1. The number of hydrogen-bond acceptors (Lipinski definition) is 7. The van der Waals surface area contributed by atoms with Crippen molar-refractivity contribution in [3.8, 4) is 11.5 Å². The molecule has 3 aromatic rings. The van der Waals surface area contributed by atoms with Gasteiger partial charge in [0.05, 0.1) is 17.0 Å². The normalized spacial score (nSPS) is 15.7. The smallest absolute Gasteiger partial charge is 0.309 e. The summed E-state index contributed by atoms with van der Waals surface area (Å²) in [5.74, 6) is -5.20. The van der Waals surface area contributed by atoms with Crippen LogP contribution in [-0.2, 0) is 21.5 Å². The molecule has 0 bridgehead atoms. The van der Waals surface area contributed by atoms with Crippen LogP contribution in [0.2, 0.25) is 25.7 Å². The third-order valence-corrected chi connectivity index (χ3v) is 7.96. The van der Waals surface area contributed by atoms with Crippen molar-refractivity contribution >= 4 is 30.8 Å². The van der Waals surface area contributed by atoms with Crippen molar-refractivity contribution in [2.75, 3.05) is 18.2 Å². The molecule has 0 saturated heterocycles. The largest absolute Gasteiger partial charge is 0.364 e. The summed E-state index contributed by atoms with van der Waals surface area (Å²) in [6.45, 7) is 9.75. The third kappa shape index (κ3) is 5.39. The molecule has 0 atom stereocenters. The summed E-state index contributed by atoms with van der Waals surface area (Å²) in [7, 11) is -1.36. The fourth-order valence-corrected chi connectivity index (χ4v) is 4.68. The zero-order valence-electron chi connectivity index (χ0n) is 21.6. The van der Waals surface area contributed by atoms with Gasteiger partial charge in [0.2, 0.25) is 11.7 Å². The van der Waals surface area contributed by atoms with Gasteiger partial charge in [-0.3, -0.25) is 9.69 Å². The number of rotatable bonds is 10. The number of anilines is 1. The van der Waals surface area contributed by atoms with Gasteiger partial charge in [0.1, 0.15) is 23.9 Å². The van der Waals surface area contributed by atoms with Crippen molar-refractivity contribution in [1.82, 2.24) is 29.9 Å². The lowest BCUT2D eigenvalue weighted by molar-refractivity contribution is -0.134. The Morgan fingerprint density at radius 3 is 2.55 bits per heavy atom. The maximum atomic E-state index is 14.1. The van der Waals surface area contributed by atoms with Crippen LogP contribution in [0, 0.1) is 5.82 Å². The van der Waals surface area contributed by atoms with E-state index in [0.29, 0.717) is 12.3 Å². The predicted octanol–water partition coefficient (Wildman–Crippen LogP) is 4.65. The van der Waals surface area contributed by atoms with E-state index in [1.165, 1.54) is 4.90 Å². The van der Waals surface area contributed by atoms with E-state index < -0.39 is 44.6 Å². The quantitative estimate of drug-likeness (QED) is 0.203. The number of hydrogen-bond donors (Lipinski definition) is 0. The van der Waals surface area contributed by atoms with Crippen molar-refractivity contribution in [2.24, 2.45) is 0 Å². The van der Waals surface area contributed by atoms with Crippen LogP contribution in [-0.4, -0.2) is 69.6 Å². The number of alkyl halides is 4. The minimum absolute atomic E-state index is 0.0153. The van der Waals surface area contributed by atoms with E-state index in [1.807, 2.05) is 0 Å². The maximum Gasteiger partial charge on any atom is 0.309 e. The Labute approximate surface area is 216 Å². The highest BCUT2D eigenvalue weighted by Crippen LogP contribution is 2.39. The molecule has 0 aliphatic carbocycles. The van der Waals surface area contributed by atoms with Crippen molar-refractivity contribution in [1.29, 1.82) is 0 Å². The summed E-state index contributed by atoms with van der Waals surface area (Å²) in [5.41, 5.74) is -0.783. The molecule has 0 saturated carbocycles. The van der Waals surface area contributed by atoms with Gasteiger partial charge in [-0.1, -0.05) is 0 Å². The fraction of sp³-hybridized carbons (Fsp3) is 0.565. The molecule has 0 fully saturated rings. The molecular formula is C23H28F5N7O2Si-. The molecule has 4 heterocycles. The summed E-state index contributed by atoms with van der Waals surface area (Å²) in [6, 6.07) is 1.96. The lowest BCUT2D eigenvalue weighted by Crippen LogP contribution is -2.38. The first-order chi connectivity index (χ1) is 17.6. The molecule has 15 heteroatoms. The second-order valence-corrected chi connectivity index (χ2v) is 16.5. The Bertz CT molecular complexity index is 1360. The van der Waals surface area contributed by atoms with Gasteiger partial charge in [-0.05, 0) is 19.9 Å². The minimum Gasteiger partial charge on any atom is -0.364 e. The third-order valence-electron chi connectivity index (χ3n) is 6.25. The van der Waals surface area contributed by atoms with Crippen LogP contribution in [0.4, 0.5) is 27.8 Å². The molecule has 0 unspecified atom stereocenters. The number of aromatic nitrogens is 6. The molecule has 38 heavy (non-hydrogen) atoms. The van der Waals surface area contributed by atoms with E-state index in [2.05, 4.69) is 44.9 Å². The average molecular weight is 558 g/mol. The van der Waals surface area contributed by atoms with Crippen molar-refractivity contribution in [3.05, 3.63) is 23.8 Å². The van der Waals surface area contributed by atoms with E-state index in [9.17, 15) is 26.7 Å². The van der Waals surface area contributed by atoms with E-state index in [4.69, 9.17) is 4.74 Å². The first kappa shape index (κ1) is 27.9. The van der Waals surface area contributed by atoms with Gasteiger partial charge in [0.15, 0.2) is 11.5 Å². The number of amides is 1. The summed E-state index contributed by atoms with van der Waals surface area (Å²) in [6.07, 6.45) is -4.20. The van der Waals surface area contributed by atoms with Crippen LogP contribution in [0.25, 0.3) is 22.6 Å². The zero-order chi connectivity index (χ0) is 28.0. The predicted molar refractivity (Wildman–Crippen MR) is 131 cm³/mol. The van der Waals surface area contributed by atoms with E-state index >= 15 is 0 Å². The SMILES string of the molecule is CC1(C)C(=O)N(COCC[Si-](C)(C)C)c2nc(-c3nn(CCC(F)(F)C(F)F)c4ncc(F)cc34)nnc21. The molecule has 0 radical (unpaired) electrons. The molecular weight excluding hydrogens is 529 g/mol. The molecule has 0 N–H and O–H groups in total. The van der Waals surface area contributed by atoms with E-state index in [1.54, 1.807) is 13.8 Å². The summed E-state index contributed by atoms with van der Waals surface area (Å²) in [4.78, 5) is 22.9. The summed E-state index contributed by atoms with van der Waals surface area (Å²) < 4.78 is 73.3. The molecule has 9 nitrogen and oxygen atoms in total. The van der Waals surface area contributed by atoms with Crippen LogP contribution in [0.5, 0.6) is 0 Å². The molecule has 1 aliphatic heterocycles. The summed E-state index contributed by atoms with van der Waals surface area (Å²) >= 11 is 0. The number of pyridine rings is 1. The molecule has 0 aromatic carbocycles. The van der Waals surface area contributed by atoms with Gasteiger partial charge in [-0.15, -0.1) is 24.3 Å². The topological polar surface area (TPSA) is 98.9 Å². The second kappa shape index (κ2) is 9.91. The lowest BCUT2D eigenvalue weighted by Gasteiger charge is -2.27. The average Bonchev–Trinajstić information content (AvgIpc) is 3.27. The standard InChI is InChI=1S/C23H28F5N7O2Si/c1-22(2)16-19(34(21(22)36)12-37-8-9-38(3,4)5)30-17(32-31-16)15-14-10-13(24)11-29-18(14)35(33-15)7-6-23(27,28)20(25)26/h10-11,20H,6-9,12H2,1-5H3/q-1. The zero-order valence-corrected chi connectivity index (χ0v) is 22.6. The van der Waals surface area contributed by atoms with Crippen LogP contribution in [0.3, 0.4) is 0 Å². The molecule has 0 spiro atoms. The molecule has 1 aliphatic rings. The summed E-state index contributed by atoms with van der Waals surface area (Å²) in [5, 5.41) is 12.5. The Morgan fingerprint density at radius 2 is 1.89 bits per heavy atom. The van der Waals surface area contributed by atoms with Gasteiger partial charge in [0.25, 0.3) is 0 Å². The Morgan fingerprint density at radius 1 is 1.18 bits per heavy atom. The number of nitrogens with zero attached hydrogens (tertiary/aromatic N) is 7. The maximum absolute atomic E-state index is 14.1. The van der Waals surface area contributed by atoms with Gasteiger partial charge in [-0.2, -0.15) is 24.7 Å². The van der Waals surface area contributed by atoms with Gasteiger partial charge in [0, 0.05) is 19.6 Å². The first-order valence-corrected chi connectivity index (χ1v) is 15.7. The van der Waals surface area contributed by atoms with E-state index in [-0.39, 0.29) is 41.0 Å².